The summed E-state index contributed by atoms with van der Waals surface area (Å²) in [5.41, 5.74) is 5.15. The van der Waals surface area contributed by atoms with Crippen molar-refractivity contribution in [1.82, 2.24) is 9.97 Å². The van der Waals surface area contributed by atoms with Crippen molar-refractivity contribution in [2.24, 2.45) is 0 Å². The molecule has 0 spiro atoms. The molecule has 19 heavy (non-hydrogen) atoms. The first kappa shape index (κ1) is 13.3. The van der Waals surface area contributed by atoms with Crippen molar-refractivity contribution in [3.8, 4) is 17.0 Å². The summed E-state index contributed by atoms with van der Waals surface area (Å²) in [7, 11) is 1.66. The molecule has 0 saturated heterocycles. The fourth-order valence-electron chi connectivity index (χ4n) is 2.27. The van der Waals surface area contributed by atoms with Gasteiger partial charge < -0.3 is 9.72 Å². The number of H-pyrrole nitrogens is 1. The van der Waals surface area contributed by atoms with E-state index in [1.807, 2.05) is 13.8 Å². The Morgan fingerprint density at radius 2 is 1.95 bits per heavy atom. The Hall–Kier alpha value is -2.10. The Labute approximate surface area is 112 Å². The minimum absolute atomic E-state index is 0.0771. The standard InChI is InChI=1S/C15H18N2O2/c1-8-6-9(2)13(14(19-5)10(8)3)12-7-16-15(17-12)11(4)18/h6-7H,1-5H3,(H,16,17). The van der Waals surface area contributed by atoms with E-state index in [0.717, 1.165) is 28.1 Å². The lowest BCUT2D eigenvalue weighted by molar-refractivity contribution is 0.100. The average molecular weight is 258 g/mol. The second kappa shape index (κ2) is 4.88. The molecular weight excluding hydrogens is 240 g/mol. The summed E-state index contributed by atoms with van der Waals surface area (Å²) < 4.78 is 5.53. The number of ether oxygens (including phenoxy) is 1. The number of Topliss-reactive ketones (excluding diaryl/α,β-unsaturated/α-hetero) is 1. The molecule has 4 nitrogen and oxygen atoms in total. The number of nitrogens with one attached hydrogen (secondary N) is 1. The van der Waals surface area contributed by atoms with Crippen LogP contribution in [0.3, 0.4) is 0 Å². The van der Waals surface area contributed by atoms with Gasteiger partial charge in [-0.3, -0.25) is 4.79 Å². The Morgan fingerprint density at radius 3 is 2.47 bits per heavy atom. The summed E-state index contributed by atoms with van der Waals surface area (Å²) in [6.45, 7) is 7.60. The molecule has 0 atom stereocenters. The highest BCUT2D eigenvalue weighted by Crippen LogP contribution is 2.36. The minimum Gasteiger partial charge on any atom is -0.496 e. The lowest BCUT2D eigenvalue weighted by Gasteiger charge is -2.15. The Morgan fingerprint density at radius 1 is 1.26 bits per heavy atom. The maximum absolute atomic E-state index is 11.3. The van der Waals surface area contributed by atoms with Gasteiger partial charge >= 0.3 is 0 Å². The van der Waals surface area contributed by atoms with E-state index >= 15 is 0 Å². The fourth-order valence-corrected chi connectivity index (χ4v) is 2.27. The maximum Gasteiger partial charge on any atom is 0.194 e. The molecule has 0 bridgehead atoms. The molecule has 0 amide bonds. The molecule has 0 aliphatic carbocycles. The summed E-state index contributed by atoms with van der Waals surface area (Å²) in [6.07, 6.45) is 1.68. The molecule has 0 aliphatic rings. The monoisotopic (exact) mass is 258 g/mol. The number of rotatable bonds is 3. The first-order valence-corrected chi connectivity index (χ1v) is 6.16. The van der Waals surface area contributed by atoms with E-state index in [9.17, 15) is 4.79 Å². The van der Waals surface area contributed by atoms with Gasteiger partial charge in [0.1, 0.15) is 5.75 Å². The number of carbonyl (C=O) groups is 1. The van der Waals surface area contributed by atoms with Crippen LogP contribution in [-0.4, -0.2) is 22.9 Å². The Balaban J connectivity index is 2.66. The predicted molar refractivity (Wildman–Crippen MR) is 74.8 cm³/mol. The lowest BCUT2D eigenvalue weighted by atomic mass is 9.97. The number of aromatic amines is 1. The zero-order chi connectivity index (χ0) is 14.2. The van der Waals surface area contributed by atoms with Gasteiger partial charge in [-0.25, -0.2) is 4.98 Å². The van der Waals surface area contributed by atoms with Crippen LogP contribution >= 0.6 is 0 Å². The van der Waals surface area contributed by atoms with Crippen LogP contribution in [0.1, 0.15) is 34.2 Å². The molecule has 0 saturated carbocycles. The van der Waals surface area contributed by atoms with E-state index in [1.54, 1.807) is 13.3 Å². The van der Waals surface area contributed by atoms with Crippen molar-refractivity contribution in [1.29, 1.82) is 0 Å². The van der Waals surface area contributed by atoms with E-state index in [-0.39, 0.29) is 5.78 Å². The molecule has 1 heterocycles. The van der Waals surface area contributed by atoms with Crippen molar-refractivity contribution in [2.75, 3.05) is 7.11 Å². The number of ketones is 1. The largest absolute Gasteiger partial charge is 0.496 e. The van der Waals surface area contributed by atoms with Gasteiger partial charge in [0.2, 0.25) is 0 Å². The van der Waals surface area contributed by atoms with E-state index in [2.05, 4.69) is 23.0 Å². The number of nitrogens with zero attached hydrogens (tertiary/aromatic N) is 1. The van der Waals surface area contributed by atoms with Crippen molar-refractivity contribution in [3.05, 3.63) is 34.8 Å². The predicted octanol–water partition coefficient (Wildman–Crippen LogP) is 3.21. The number of methoxy groups -OCH3 is 1. The highest BCUT2D eigenvalue weighted by molar-refractivity contribution is 5.91. The molecular formula is C15H18N2O2. The zero-order valence-electron chi connectivity index (χ0n) is 11.9. The summed E-state index contributed by atoms with van der Waals surface area (Å²) in [6, 6.07) is 2.11. The molecule has 4 heteroatoms. The smallest absolute Gasteiger partial charge is 0.194 e. The number of aryl methyl sites for hydroxylation is 2. The summed E-state index contributed by atoms with van der Waals surface area (Å²) in [5, 5.41) is 0. The van der Waals surface area contributed by atoms with Crippen molar-refractivity contribution < 1.29 is 9.53 Å². The average Bonchev–Trinajstić information content (AvgIpc) is 2.82. The molecule has 0 unspecified atom stereocenters. The summed E-state index contributed by atoms with van der Waals surface area (Å²) in [5.74, 6) is 1.12. The van der Waals surface area contributed by atoms with E-state index in [4.69, 9.17) is 4.74 Å². The van der Waals surface area contributed by atoms with Gasteiger partial charge in [0.25, 0.3) is 0 Å². The first-order valence-electron chi connectivity index (χ1n) is 6.16. The second-order valence-electron chi connectivity index (χ2n) is 4.75. The number of imidazole rings is 1. The quantitative estimate of drug-likeness (QED) is 0.860. The van der Waals surface area contributed by atoms with Crippen LogP contribution < -0.4 is 4.74 Å². The van der Waals surface area contributed by atoms with Gasteiger partial charge in [-0.15, -0.1) is 0 Å². The number of hydrogen-bond donors (Lipinski definition) is 1. The normalized spacial score (nSPS) is 10.6. The second-order valence-corrected chi connectivity index (χ2v) is 4.75. The zero-order valence-corrected chi connectivity index (χ0v) is 11.9. The number of aromatic nitrogens is 2. The molecule has 1 N–H and O–H groups in total. The molecule has 0 fully saturated rings. The maximum atomic E-state index is 11.3. The van der Waals surface area contributed by atoms with Crippen LogP contribution in [0.4, 0.5) is 0 Å². The van der Waals surface area contributed by atoms with Crippen molar-refractivity contribution >= 4 is 5.78 Å². The summed E-state index contributed by atoms with van der Waals surface area (Å²) in [4.78, 5) is 18.5. The highest BCUT2D eigenvalue weighted by Gasteiger charge is 2.16. The van der Waals surface area contributed by atoms with Crippen LogP contribution in [-0.2, 0) is 0 Å². The van der Waals surface area contributed by atoms with Crippen molar-refractivity contribution in [2.45, 2.75) is 27.7 Å². The molecule has 1 aromatic heterocycles. The summed E-state index contributed by atoms with van der Waals surface area (Å²) >= 11 is 0. The Bertz CT molecular complexity index is 642. The lowest BCUT2D eigenvalue weighted by Crippen LogP contribution is -1.98. The van der Waals surface area contributed by atoms with Crippen LogP contribution in [0.2, 0.25) is 0 Å². The molecule has 0 radical (unpaired) electrons. The van der Waals surface area contributed by atoms with E-state index in [0.29, 0.717) is 5.82 Å². The van der Waals surface area contributed by atoms with Crippen LogP contribution in [0.25, 0.3) is 11.3 Å². The number of carbonyl (C=O) groups excluding carboxylic acids is 1. The molecule has 0 aliphatic heterocycles. The van der Waals surface area contributed by atoms with Crippen LogP contribution in [0, 0.1) is 20.8 Å². The molecule has 2 aromatic rings. The molecule has 2 rings (SSSR count). The number of benzene rings is 1. The third-order valence-electron chi connectivity index (χ3n) is 3.37. The van der Waals surface area contributed by atoms with Gasteiger partial charge in [-0.05, 0) is 37.5 Å². The van der Waals surface area contributed by atoms with Gasteiger partial charge in [-0.1, -0.05) is 6.07 Å². The third kappa shape index (κ3) is 2.26. The van der Waals surface area contributed by atoms with Gasteiger partial charge in [-0.2, -0.15) is 0 Å². The van der Waals surface area contributed by atoms with E-state index < -0.39 is 0 Å². The molecule has 100 valence electrons. The van der Waals surface area contributed by atoms with E-state index in [1.165, 1.54) is 12.5 Å². The Kier molecular flexibility index (Phi) is 3.42. The van der Waals surface area contributed by atoms with Gasteiger partial charge in [0.15, 0.2) is 11.6 Å². The topological polar surface area (TPSA) is 55.0 Å². The van der Waals surface area contributed by atoms with Crippen molar-refractivity contribution in [3.63, 3.8) is 0 Å². The first-order chi connectivity index (χ1) is 8.95. The molecule has 1 aromatic carbocycles. The van der Waals surface area contributed by atoms with Crippen LogP contribution in [0.5, 0.6) is 5.75 Å². The highest BCUT2D eigenvalue weighted by atomic mass is 16.5. The minimum atomic E-state index is -0.0771. The third-order valence-corrected chi connectivity index (χ3v) is 3.37. The van der Waals surface area contributed by atoms with Gasteiger partial charge in [0, 0.05) is 12.5 Å². The number of hydrogen-bond acceptors (Lipinski definition) is 3. The van der Waals surface area contributed by atoms with Gasteiger partial charge in [0.05, 0.1) is 19.0 Å². The SMILES string of the molecule is COc1c(C)c(C)cc(C)c1-c1cnc(C(C)=O)[nH]1. The fraction of sp³-hybridized carbons (Fsp3) is 0.333. The van der Waals surface area contributed by atoms with Crippen LogP contribution in [0.15, 0.2) is 12.3 Å².